The minimum atomic E-state index is -2.90. The topological polar surface area (TPSA) is 101 Å². The Bertz CT molecular complexity index is 1450. The summed E-state index contributed by atoms with van der Waals surface area (Å²) < 4.78 is 46.0. The van der Waals surface area contributed by atoms with Crippen LogP contribution in [0.2, 0.25) is 0 Å². The van der Waals surface area contributed by atoms with Crippen LogP contribution in [0.15, 0.2) is 47.0 Å². The Morgan fingerprint density at radius 1 is 1.12 bits per heavy atom. The zero-order chi connectivity index (χ0) is 23.3. The van der Waals surface area contributed by atoms with Gasteiger partial charge in [-0.3, -0.25) is 14.4 Å². The molecule has 0 aliphatic carbocycles. The molecule has 0 atom stereocenters. The van der Waals surface area contributed by atoms with Gasteiger partial charge in [0.05, 0.1) is 18.2 Å². The van der Waals surface area contributed by atoms with Gasteiger partial charge in [0.15, 0.2) is 5.82 Å². The quantitative estimate of drug-likeness (QED) is 0.461. The molecule has 0 spiro atoms. The number of nitrogens with zero attached hydrogens (tertiary/aromatic N) is 6. The summed E-state index contributed by atoms with van der Waals surface area (Å²) in [5, 5.41) is 20.5. The first-order valence-corrected chi connectivity index (χ1v) is 9.65. The van der Waals surface area contributed by atoms with Crippen LogP contribution >= 0.6 is 0 Å². The Hall–Kier alpha value is -4.46. The molecular weight excluding hydrogens is 437 g/mol. The highest BCUT2D eigenvalue weighted by Crippen LogP contribution is 2.37. The molecule has 0 saturated heterocycles. The number of nitriles is 1. The van der Waals surface area contributed by atoms with Gasteiger partial charge >= 0.3 is 6.43 Å². The first-order chi connectivity index (χ1) is 15.8. The second-order valence-electron chi connectivity index (χ2n) is 7.39. The zero-order valence-electron chi connectivity index (χ0n) is 17.0. The molecule has 1 aliphatic rings. The SMILES string of the molecule is Cn1cc(-c2cc(F)cc(C#N)c2)c(N2Cc3ccc(-c4nnc(C(F)F)o4)cc3C2=O)n1. The van der Waals surface area contributed by atoms with E-state index in [4.69, 9.17) is 4.42 Å². The lowest BCUT2D eigenvalue weighted by molar-refractivity contribution is 0.0995. The molecule has 5 rings (SSSR count). The number of aromatic nitrogens is 4. The summed E-state index contributed by atoms with van der Waals surface area (Å²) in [6, 6.07) is 10.6. The van der Waals surface area contributed by atoms with Crippen LogP contribution in [-0.2, 0) is 13.6 Å². The van der Waals surface area contributed by atoms with Crippen molar-refractivity contribution in [2.45, 2.75) is 13.0 Å². The van der Waals surface area contributed by atoms with Gasteiger partial charge in [-0.1, -0.05) is 6.07 Å². The molecule has 3 heterocycles. The number of benzene rings is 2. The summed E-state index contributed by atoms with van der Waals surface area (Å²) in [5.74, 6) is -1.59. The van der Waals surface area contributed by atoms with Crippen molar-refractivity contribution in [3.05, 3.63) is 71.0 Å². The molecule has 1 amide bonds. The predicted octanol–water partition coefficient (Wildman–Crippen LogP) is 4.25. The van der Waals surface area contributed by atoms with E-state index < -0.39 is 18.1 Å². The van der Waals surface area contributed by atoms with Crippen LogP contribution in [0.3, 0.4) is 0 Å². The van der Waals surface area contributed by atoms with Crippen molar-refractivity contribution in [3.63, 3.8) is 0 Å². The number of hydrogen-bond acceptors (Lipinski definition) is 6. The van der Waals surface area contributed by atoms with Crippen LogP contribution in [-0.4, -0.2) is 25.9 Å². The average Bonchev–Trinajstić information content (AvgIpc) is 3.50. The van der Waals surface area contributed by atoms with Crippen molar-refractivity contribution < 1.29 is 22.4 Å². The van der Waals surface area contributed by atoms with Gasteiger partial charge < -0.3 is 4.42 Å². The fourth-order valence-corrected chi connectivity index (χ4v) is 3.73. The molecule has 164 valence electrons. The summed E-state index contributed by atoms with van der Waals surface area (Å²) >= 11 is 0. The van der Waals surface area contributed by atoms with Gasteiger partial charge in [-0.15, -0.1) is 10.2 Å². The zero-order valence-corrected chi connectivity index (χ0v) is 17.0. The average molecular weight is 450 g/mol. The minimum absolute atomic E-state index is 0.123. The number of alkyl halides is 2. The summed E-state index contributed by atoms with van der Waals surface area (Å²) in [6.45, 7) is 0.199. The lowest BCUT2D eigenvalue weighted by Gasteiger charge is -2.15. The lowest BCUT2D eigenvalue weighted by atomic mass is 10.1. The third-order valence-corrected chi connectivity index (χ3v) is 5.19. The van der Waals surface area contributed by atoms with Crippen molar-refractivity contribution in [3.8, 4) is 28.7 Å². The maximum absolute atomic E-state index is 14.0. The van der Waals surface area contributed by atoms with Crippen LogP contribution < -0.4 is 4.90 Å². The van der Waals surface area contributed by atoms with Gasteiger partial charge in [0, 0.05) is 29.9 Å². The highest BCUT2D eigenvalue weighted by molar-refractivity contribution is 6.11. The first kappa shape index (κ1) is 20.4. The highest BCUT2D eigenvalue weighted by atomic mass is 19.3. The Labute approximate surface area is 184 Å². The number of hydrogen-bond donors (Lipinski definition) is 0. The number of carbonyl (C=O) groups excluding carboxylic acids is 1. The van der Waals surface area contributed by atoms with Crippen LogP contribution in [0, 0.1) is 17.1 Å². The van der Waals surface area contributed by atoms with Gasteiger partial charge in [-0.2, -0.15) is 19.1 Å². The third kappa shape index (κ3) is 3.51. The van der Waals surface area contributed by atoms with E-state index in [2.05, 4.69) is 15.3 Å². The highest BCUT2D eigenvalue weighted by Gasteiger charge is 2.33. The van der Waals surface area contributed by atoms with E-state index >= 15 is 0 Å². The third-order valence-electron chi connectivity index (χ3n) is 5.19. The number of anilines is 1. The number of rotatable bonds is 4. The fraction of sp³-hybridized carbons (Fsp3) is 0.136. The number of halogens is 3. The number of aryl methyl sites for hydroxylation is 1. The molecule has 8 nitrogen and oxygen atoms in total. The second-order valence-corrected chi connectivity index (χ2v) is 7.39. The van der Waals surface area contributed by atoms with Gasteiger partial charge in [0.1, 0.15) is 5.82 Å². The Balaban J connectivity index is 1.52. The van der Waals surface area contributed by atoms with Gasteiger partial charge in [-0.25, -0.2) is 4.39 Å². The number of amides is 1. The van der Waals surface area contributed by atoms with Crippen LogP contribution in [0.1, 0.15) is 33.8 Å². The molecule has 33 heavy (non-hydrogen) atoms. The maximum atomic E-state index is 14.0. The molecule has 4 aromatic rings. The normalized spacial score (nSPS) is 13.0. The van der Waals surface area contributed by atoms with Crippen molar-refractivity contribution in [1.82, 2.24) is 20.0 Å². The Kier molecular flexibility index (Phi) is 4.70. The summed E-state index contributed by atoms with van der Waals surface area (Å²) in [7, 11) is 1.67. The van der Waals surface area contributed by atoms with E-state index in [1.807, 2.05) is 6.07 Å². The van der Waals surface area contributed by atoms with Crippen LogP contribution in [0.25, 0.3) is 22.6 Å². The van der Waals surface area contributed by atoms with E-state index in [9.17, 15) is 23.2 Å². The van der Waals surface area contributed by atoms with Gasteiger partial charge in [0.25, 0.3) is 11.8 Å². The minimum Gasteiger partial charge on any atom is -0.415 e. The molecule has 0 saturated carbocycles. The maximum Gasteiger partial charge on any atom is 0.314 e. The predicted molar refractivity (Wildman–Crippen MR) is 109 cm³/mol. The van der Waals surface area contributed by atoms with E-state index in [0.717, 1.165) is 6.07 Å². The fourth-order valence-electron chi connectivity index (χ4n) is 3.73. The van der Waals surface area contributed by atoms with Crippen molar-refractivity contribution in [1.29, 1.82) is 5.26 Å². The largest absolute Gasteiger partial charge is 0.415 e. The summed E-state index contributed by atoms with van der Waals surface area (Å²) in [5.41, 5.74) is 2.37. The lowest BCUT2D eigenvalue weighted by Crippen LogP contribution is -2.24. The standard InChI is InChI=1S/C22H13F3N6O2/c1-30-10-17(14-4-11(8-26)5-15(23)6-14)19(29-30)31-9-13-3-2-12(7-16(13)22(31)32)20-27-28-21(33-20)18(24)25/h2-7,10,18H,9H2,1H3. The van der Waals surface area contributed by atoms with Crippen LogP contribution in [0.5, 0.6) is 0 Å². The molecule has 1 aliphatic heterocycles. The van der Waals surface area contributed by atoms with E-state index in [0.29, 0.717) is 33.6 Å². The first-order valence-electron chi connectivity index (χ1n) is 9.65. The molecule has 0 fully saturated rings. The second kappa shape index (κ2) is 7.59. The monoisotopic (exact) mass is 450 g/mol. The molecule has 11 heteroatoms. The van der Waals surface area contributed by atoms with E-state index in [1.165, 1.54) is 27.8 Å². The van der Waals surface area contributed by atoms with Gasteiger partial charge in [-0.05, 0) is 41.5 Å². The Morgan fingerprint density at radius 3 is 2.67 bits per heavy atom. The summed E-state index contributed by atoms with van der Waals surface area (Å²) in [6.07, 6.45) is -1.26. The van der Waals surface area contributed by atoms with Crippen molar-refractivity contribution in [2.75, 3.05) is 4.90 Å². The smallest absolute Gasteiger partial charge is 0.314 e. The van der Waals surface area contributed by atoms with E-state index in [-0.39, 0.29) is 23.9 Å². The van der Waals surface area contributed by atoms with Crippen LogP contribution in [0.4, 0.5) is 19.0 Å². The molecule has 2 aromatic heterocycles. The van der Waals surface area contributed by atoms with E-state index in [1.54, 1.807) is 25.4 Å². The van der Waals surface area contributed by atoms with Crippen molar-refractivity contribution >= 4 is 11.7 Å². The molecule has 0 unspecified atom stereocenters. The molecular formula is C22H13F3N6O2. The number of carbonyl (C=O) groups is 1. The van der Waals surface area contributed by atoms with Crippen molar-refractivity contribution in [2.24, 2.45) is 7.05 Å². The molecule has 2 aromatic carbocycles. The van der Waals surface area contributed by atoms with Gasteiger partial charge in [0.2, 0.25) is 5.89 Å². The molecule has 0 bridgehead atoms. The number of fused-ring (bicyclic) bond motifs is 1. The summed E-state index contributed by atoms with van der Waals surface area (Å²) in [4.78, 5) is 14.7. The molecule has 0 radical (unpaired) electrons. The Morgan fingerprint density at radius 2 is 1.94 bits per heavy atom. The molecule has 0 N–H and O–H groups in total.